The van der Waals surface area contributed by atoms with Crippen molar-refractivity contribution in [1.29, 1.82) is 5.41 Å². The fraction of sp³-hybridized carbons (Fsp3) is 0.333. The van der Waals surface area contributed by atoms with E-state index in [0.29, 0.717) is 16.8 Å². The summed E-state index contributed by atoms with van der Waals surface area (Å²) in [6, 6.07) is 9.52. The normalized spacial score (nSPS) is 10.8. The van der Waals surface area contributed by atoms with Crippen LogP contribution in [-0.2, 0) is 13.0 Å². The molecule has 6 nitrogen and oxygen atoms in total. The first-order chi connectivity index (χ1) is 9.99. The number of aromatic amines is 1. The zero-order valence-electron chi connectivity index (χ0n) is 12.1. The molecule has 0 atom stereocenters. The first-order valence-corrected chi connectivity index (χ1v) is 6.77. The molecule has 21 heavy (non-hydrogen) atoms. The van der Waals surface area contributed by atoms with E-state index in [2.05, 4.69) is 4.98 Å². The fourth-order valence-electron chi connectivity index (χ4n) is 1.98. The van der Waals surface area contributed by atoms with Crippen LogP contribution in [0.5, 0.6) is 5.88 Å². The highest BCUT2D eigenvalue weighted by Crippen LogP contribution is 2.17. The zero-order chi connectivity index (χ0) is 15.4. The van der Waals surface area contributed by atoms with Gasteiger partial charge in [-0.05, 0) is 17.9 Å². The lowest BCUT2D eigenvalue weighted by Gasteiger charge is -2.15. The van der Waals surface area contributed by atoms with E-state index in [9.17, 15) is 10.0 Å². The lowest BCUT2D eigenvalue weighted by atomic mass is 10.1. The minimum atomic E-state index is -0.687. The van der Waals surface area contributed by atoms with Crippen LogP contribution in [0.3, 0.4) is 0 Å². The Hall–Kier alpha value is -2.50. The molecule has 0 fully saturated rings. The summed E-state index contributed by atoms with van der Waals surface area (Å²) < 4.78 is 6.22. The zero-order valence-corrected chi connectivity index (χ0v) is 12.1. The molecule has 6 heteroatoms. The van der Waals surface area contributed by atoms with Crippen molar-refractivity contribution in [3.8, 4) is 5.88 Å². The van der Waals surface area contributed by atoms with Crippen molar-refractivity contribution in [3.63, 3.8) is 0 Å². The summed E-state index contributed by atoms with van der Waals surface area (Å²) in [6.45, 7) is 4.24. The average molecular weight is 289 g/mol. The molecule has 2 rings (SSSR count). The summed E-state index contributed by atoms with van der Waals surface area (Å²) in [4.78, 5) is 14.1. The molecule has 0 aliphatic carbocycles. The second-order valence-electron chi connectivity index (χ2n) is 5.26. The first-order valence-electron chi connectivity index (χ1n) is 6.77. The second-order valence-corrected chi connectivity index (χ2v) is 5.26. The molecular weight excluding hydrogens is 270 g/mol. The van der Waals surface area contributed by atoms with Gasteiger partial charge >= 0.3 is 0 Å². The van der Waals surface area contributed by atoms with E-state index in [1.54, 1.807) is 0 Å². The van der Waals surface area contributed by atoms with Gasteiger partial charge in [-0.2, -0.15) is 4.73 Å². The number of aromatic nitrogens is 2. The summed E-state index contributed by atoms with van der Waals surface area (Å²) in [5, 5.41) is 17.5. The Bertz CT molecular complexity index is 717. The Balaban J connectivity index is 2.33. The number of H-pyrrole nitrogens is 1. The van der Waals surface area contributed by atoms with Crippen LogP contribution in [0, 0.1) is 11.3 Å². The maximum absolute atomic E-state index is 11.6. The van der Waals surface area contributed by atoms with Crippen LogP contribution in [-0.4, -0.2) is 14.9 Å². The predicted molar refractivity (Wildman–Crippen MR) is 77.4 cm³/mol. The number of nitrogens with zero attached hydrogens (tertiary/aromatic N) is 1. The SMILES string of the molecule is CC(C)Cc1c(OCc2ccccc2)[nH]c(=O)c(=N)n1O. The largest absolute Gasteiger partial charge is 0.473 e. The first kappa shape index (κ1) is 14.9. The highest BCUT2D eigenvalue weighted by molar-refractivity contribution is 5.20. The number of benzene rings is 1. The van der Waals surface area contributed by atoms with Crippen molar-refractivity contribution in [1.82, 2.24) is 9.71 Å². The van der Waals surface area contributed by atoms with Gasteiger partial charge in [-0.1, -0.05) is 44.2 Å². The van der Waals surface area contributed by atoms with Gasteiger partial charge in [0.1, 0.15) is 12.3 Å². The van der Waals surface area contributed by atoms with Crippen molar-refractivity contribution in [3.05, 3.63) is 57.4 Å². The minimum Gasteiger partial charge on any atom is -0.473 e. The average Bonchev–Trinajstić information content (AvgIpc) is 2.47. The van der Waals surface area contributed by atoms with Gasteiger partial charge in [0, 0.05) is 0 Å². The van der Waals surface area contributed by atoms with Crippen molar-refractivity contribution in [2.24, 2.45) is 5.92 Å². The van der Waals surface area contributed by atoms with Crippen LogP contribution >= 0.6 is 0 Å². The van der Waals surface area contributed by atoms with Gasteiger partial charge in [-0.15, -0.1) is 0 Å². The summed E-state index contributed by atoms with van der Waals surface area (Å²) in [6.07, 6.45) is 0.489. The Morgan fingerprint density at radius 2 is 2.00 bits per heavy atom. The monoisotopic (exact) mass is 289 g/mol. The van der Waals surface area contributed by atoms with Gasteiger partial charge in [-0.3, -0.25) is 15.2 Å². The molecule has 0 unspecified atom stereocenters. The van der Waals surface area contributed by atoms with Gasteiger partial charge < -0.3 is 9.94 Å². The van der Waals surface area contributed by atoms with Gasteiger partial charge in [0.05, 0.1) is 0 Å². The third-order valence-electron chi connectivity index (χ3n) is 3.00. The molecule has 0 aliphatic heterocycles. The lowest BCUT2D eigenvalue weighted by Crippen LogP contribution is -2.38. The van der Waals surface area contributed by atoms with Crippen LogP contribution in [0.4, 0.5) is 0 Å². The Morgan fingerprint density at radius 1 is 1.33 bits per heavy atom. The number of hydrogen-bond donors (Lipinski definition) is 3. The van der Waals surface area contributed by atoms with E-state index in [1.165, 1.54) is 0 Å². The van der Waals surface area contributed by atoms with Crippen molar-refractivity contribution >= 4 is 0 Å². The molecule has 1 heterocycles. The molecule has 1 aromatic carbocycles. The Labute approximate surface area is 122 Å². The molecule has 0 bridgehead atoms. The van der Waals surface area contributed by atoms with E-state index in [-0.39, 0.29) is 18.4 Å². The highest BCUT2D eigenvalue weighted by atomic mass is 16.5. The van der Waals surface area contributed by atoms with Gasteiger partial charge in [0.15, 0.2) is 0 Å². The number of hydrogen-bond acceptors (Lipinski definition) is 4. The molecule has 0 amide bonds. The summed E-state index contributed by atoms with van der Waals surface area (Å²) >= 11 is 0. The fourth-order valence-corrected chi connectivity index (χ4v) is 1.98. The van der Waals surface area contributed by atoms with Crippen molar-refractivity contribution in [2.75, 3.05) is 0 Å². The van der Waals surface area contributed by atoms with Crippen LogP contribution in [0.2, 0.25) is 0 Å². The number of nitrogens with one attached hydrogen (secondary N) is 2. The predicted octanol–water partition coefficient (Wildman–Crippen LogP) is 1.67. The van der Waals surface area contributed by atoms with E-state index >= 15 is 0 Å². The van der Waals surface area contributed by atoms with Crippen LogP contribution in [0.15, 0.2) is 35.1 Å². The van der Waals surface area contributed by atoms with E-state index < -0.39 is 11.0 Å². The molecule has 0 spiro atoms. The number of rotatable bonds is 5. The molecule has 1 aromatic heterocycles. The molecule has 3 N–H and O–H groups in total. The molecule has 0 radical (unpaired) electrons. The quantitative estimate of drug-likeness (QED) is 0.731. The Morgan fingerprint density at radius 3 is 2.62 bits per heavy atom. The maximum Gasteiger partial charge on any atom is 0.296 e. The van der Waals surface area contributed by atoms with Gasteiger partial charge in [-0.25, -0.2) is 0 Å². The summed E-state index contributed by atoms with van der Waals surface area (Å²) in [7, 11) is 0. The topological polar surface area (TPSA) is 91.1 Å². The molecule has 112 valence electrons. The van der Waals surface area contributed by atoms with Gasteiger partial charge in [0.25, 0.3) is 5.56 Å². The molecule has 2 aromatic rings. The molecular formula is C15H19N3O3. The van der Waals surface area contributed by atoms with Crippen molar-refractivity contribution in [2.45, 2.75) is 26.9 Å². The third kappa shape index (κ3) is 3.53. The summed E-state index contributed by atoms with van der Waals surface area (Å²) in [5.41, 5.74) is 0.157. The standard InChI is InChI=1S/C15H19N3O3/c1-10(2)8-12-15(17-14(19)13(16)18(12)20)21-9-11-6-4-3-5-7-11/h3-7,10,16,20H,8-9H2,1-2H3,(H,17,19). The van der Waals surface area contributed by atoms with Crippen LogP contribution in [0.1, 0.15) is 25.1 Å². The van der Waals surface area contributed by atoms with E-state index in [0.717, 1.165) is 5.56 Å². The van der Waals surface area contributed by atoms with Crippen LogP contribution in [0.25, 0.3) is 0 Å². The molecule has 0 aliphatic rings. The van der Waals surface area contributed by atoms with E-state index in [1.807, 2.05) is 44.2 Å². The number of ether oxygens (including phenoxy) is 1. The molecule has 0 saturated heterocycles. The third-order valence-corrected chi connectivity index (χ3v) is 3.00. The lowest BCUT2D eigenvalue weighted by molar-refractivity contribution is 0.146. The minimum absolute atomic E-state index is 0.205. The highest BCUT2D eigenvalue weighted by Gasteiger charge is 2.14. The van der Waals surface area contributed by atoms with Gasteiger partial charge in [0.2, 0.25) is 11.4 Å². The molecule has 0 saturated carbocycles. The van der Waals surface area contributed by atoms with E-state index in [4.69, 9.17) is 10.1 Å². The smallest absolute Gasteiger partial charge is 0.296 e. The van der Waals surface area contributed by atoms with Crippen LogP contribution < -0.4 is 15.8 Å². The second kappa shape index (κ2) is 6.30. The van der Waals surface area contributed by atoms with Crippen molar-refractivity contribution < 1.29 is 9.94 Å². The maximum atomic E-state index is 11.6. The Kier molecular flexibility index (Phi) is 4.47. The summed E-state index contributed by atoms with van der Waals surface area (Å²) in [5.74, 6) is 0.448.